The average Bonchev–Trinajstić information content (AvgIpc) is 2.73. The first-order valence-corrected chi connectivity index (χ1v) is 8.73. The molecule has 1 aliphatic heterocycles. The molecule has 2 rings (SSSR count). The van der Waals surface area contributed by atoms with E-state index in [2.05, 4.69) is 42.2 Å². The summed E-state index contributed by atoms with van der Waals surface area (Å²) in [6.07, 6.45) is 1.72. The summed E-state index contributed by atoms with van der Waals surface area (Å²) in [5, 5.41) is 2.81. The molecule has 1 heterocycles. The molecule has 0 unspecified atom stereocenters. The number of aliphatic imine (C=N–C) groups is 1. The lowest BCUT2D eigenvalue weighted by molar-refractivity contribution is -0.117. The summed E-state index contributed by atoms with van der Waals surface area (Å²) in [6.45, 7) is 3.83. The number of rotatable bonds is 3. The molecule has 1 aromatic rings. The molecule has 0 radical (unpaired) electrons. The molecule has 5 nitrogen and oxygen atoms in total. The van der Waals surface area contributed by atoms with Crippen LogP contribution in [-0.2, 0) is 9.59 Å². The van der Waals surface area contributed by atoms with Gasteiger partial charge in [-0.2, -0.15) is 4.99 Å². The van der Waals surface area contributed by atoms with Gasteiger partial charge in [0, 0.05) is 6.92 Å². The third kappa shape index (κ3) is 4.21. The SMILES string of the molecule is CCOc1c(Br)cc(C=C2SC(NC(C)=O)=NC2=O)cc1Br. The Morgan fingerprint density at radius 2 is 2.05 bits per heavy atom. The molecule has 0 bridgehead atoms. The predicted molar refractivity (Wildman–Crippen MR) is 94.8 cm³/mol. The highest BCUT2D eigenvalue weighted by molar-refractivity contribution is 9.11. The number of nitrogens with one attached hydrogen (secondary N) is 1. The monoisotopic (exact) mass is 446 g/mol. The topological polar surface area (TPSA) is 67.8 Å². The third-order valence-electron chi connectivity index (χ3n) is 2.51. The Morgan fingerprint density at radius 1 is 1.41 bits per heavy atom. The van der Waals surface area contributed by atoms with Gasteiger partial charge in [0.15, 0.2) is 5.17 Å². The maximum atomic E-state index is 11.8. The van der Waals surface area contributed by atoms with Crippen LogP contribution >= 0.6 is 43.6 Å². The van der Waals surface area contributed by atoms with Gasteiger partial charge in [0.1, 0.15) is 5.75 Å². The van der Waals surface area contributed by atoms with Crippen LogP contribution in [0.25, 0.3) is 6.08 Å². The molecule has 0 atom stereocenters. The van der Waals surface area contributed by atoms with Crippen molar-refractivity contribution in [2.45, 2.75) is 13.8 Å². The zero-order valence-electron chi connectivity index (χ0n) is 11.8. The summed E-state index contributed by atoms with van der Waals surface area (Å²) in [4.78, 5) is 27.1. The third-order valence-corrected chi connectivity index (χ3v) is 4.59. The number of benzene rings is 1. The summed E-state index contributed by atoms with van der Waals surface area (Å²) in [7, 11) is 0. The van der Waals surface area contributed by atoms with Crippen LogP contribution in [-0.4, -0.2) is 23.6 Å². The van der Waals surface area contributed by atoms with E-state index in [1.54, 1.807) is 6.08 Å². The quantitative estimate of drug-likeness (QED) is 0.717. The van der Waals surface area contributed by atoms with Crippen molar-refractivity contribution in [3.8, 4) is 5.75 Å². The van der Waals surface area contributed by atoms with Gasteiger partial charge in [-0.3, -0.25) is 9.59 Å². The highest BCUT2D eigenvalue weighted by Crippen LogP contribution is 2.36. The zero-order chi connectivity index (χ0) is 16.3. The molecule has 2 amide bonds. The fourth-order valence-corrected chi connectivity index (χ4v) is 4.02. The van der Waals surface area contributed by atoms with Crippen molar-refractivity contribution in [2.75, 3.05) is 6.61 Å². The number of carbonyl (C=O) groups is 2. The number of amidine groups is 1. The van der Waals surface area contributed by atoms with Gasteiger partial charge < -0.3 is 10.1 Å². The van der Waals surface area contributed by atoms with E-state index in [0.717, 1.165) is 26.3 Å². The van der Waals surface area contributed by atoms with E-state index >= 15 is 0 Å². The van der Waals surface area contributed by atoms with Gasteiger partial charge in [-0.05, 0) is 74.3 Å². The Labute approximate surface area is 148 Å². The number of amides is 2. The summed E-state index contributed by atoms with van der Waals surface area (Å²) in [6, 6.07) is 3.71. The van der Waals surface area contributed by atoms with Crippen LogP contribution in [0.5, 0.6) is 5.75 Å². The largest absolute Gasteiger partial charge is 0.492 e. The standard InChI is InChI=1S/C14H12Br2N2O3S/c1-3-21-12-9(15)4-8(5-10(12)16)6-11-13(20)18-14(22-11)17-7(2)19/h4-6H,3H2,1-2H3,(H,17,18,19,20). The van der Waals surface area contributed by atoms with E-state index in [4.69, 9.17) is 4.74 Å². The van der Waals surface area contributed by atoms with Gasteiger partial charge in [0.2, 0.25) is 5.91 Å². The van der Waals surface area contributed by atoms with E-state index in [0.29, 0.717) is 22.4 Å². The minimum absolute atomic E-state index is 0.258. The van der Waals surface area contributed by atoms with Crippen molar-refractivity contribution < 1.29 is 14.3 Å². The minimum atomic E-state index is -0.366. The first-order valence-electron chi connectivity index (χ1n) is 6.32. The Kier molecular flexibility index (Phi) is 5.82. The van der Waals surface area contributed by atoms with Crippen molar-refractivity contribution in [3.63, 3.8) is 0 Å². The summed E-state index contributed by atoms with van der Waals surface area (Å²) < 4.78 is 7.09. The summed E-state index contributed by atoms with van der Waals surface area (Å²) in [5.74, 6) is 0.0898. The number of hydrogen-bond acceptors (Lipinski definition) is 4. The van der Waals surface area contributed by atoms with E-state index in [1.807, 2.05) is 19.1 Å². The van der Waals surface area contributed by atoms with Gasteiger partial charge in [-0.25, -0.2) is 0 Å². The van der Waals surface area contributed by atoms with Crippen molar-refractivity contribution >= 4 is 66.7 Å². The normalized spacial score (nSPS) is 15.9. The van der Waals surface area contributed by atoms with E-state index in [-0.39, 0.29) is 11.8 Å². The molecule has 1 N–H and O–H groups in total. The Morgan fingerprint density at radius 3 is 2.59 bits per heavy atom. The van der Waals surface area contributed by atoms with E-state index in [9.17, 15) is 9.59 Å². The number of nitrogens with zero attached hydrogens (tertiary/aromatic N) is 1. The lowest BCUT2D eigenvalue weighted by atomic mass is 10.2. The molecule has 1 aromatic carbocycles. The number of thioether (sulfide) groups is 1. The molecule has 22 heavy (non-hydrogen) atoms. The second kappa shape index (κ2) is 7.43. The first-order chi connectivity index (χ1) is 10.4. The van der Waals surface area contributed by atoms with Crippen molar-refractivity contribution in [1.82, 2.24) is 5.32 Å². The van der Waals surface area contributed by atoms with Crippen LogP contribution < -0.4 is 10.1 Å². The highest BCUT2D eigenvalue weighted by atomic mass is 79.9. The first kappa shape index (κ1) is 17.2. The number of hydrogen-bond donors (Lipinski definition) is 1. The smallest absolute Gasteiger partial charge is 0.286 e. The van der Waals surface area contributed by atoms with Crippen molar-refractivity contribution in [2.24, 2.45) is 4.99 Å². The van der Waals surface area contributed by atoms with Crippen LogP contribution in [0.3, 0.4) is 0 Å². The Bertz CT molecular complexity index is 678. The van der Waals surface area contributed by atoms with Gasteiger partial charge in [0.05, 0.1) is 20.5 Å². The van der Waals surface area contributed by atoms with Gasteiger partial charge >= 0.3 is 0 Å². The van der Waals surface area contributed by atoms with Crippen LogP contribution in [0.4, 0.5) is 0 Å². The van der Waals surface area contributed by atoms with E-state index < -0.39 is 0 Å². The molecule has 0 aliphatic carbocycles. The number of carbonyl (C=O) groups excluding carboxylic acids is 2. The molecule has 8 heteroatoms. The predicted octanol–water partition coefficient (Wildman–Crippen LogP) is 3.72. The lowest BCUT2D eigenvalue weighted by Gasteiger charge is -2.09. The molecule has 0 saturated carbocycles. The zero-order valence-corrected chi connectivity index (χ0v) is 15.8. The Hall–Kier alpha value is -1.12. The minimum Gasteiger partial charge on any atom is -0.492 e. The van der Waals surface area contributed by atoms with Crippen LogP contribution in [0.2, 0.25) is 0 Å². The molecule has 0 fully saturated rings. The molecule has 0 aromatic heterocycles. The van der Waals surface area contributed by atoms with Gasteiger partial charge in [-0.15, -0.1) is 0 Å². The second-order valence-corrected chi connectivity index (χ2v) is 7.00. The summed E-state index contributed by atoms with van der Waals surface area (Å²) >= 11 is 8.03. The lowest BCUT2D eigenvalue weighted by Crippen LogP contribution is -2.23. The van der Waals surface area contributed by atoms with Gasteiger partial charge in [-0.1, -0.05) is 0 Å². The maximum Gasteiger partial charge on any atom is 0.286 e. The highest BCUT2D eigenvalue weighted by Gasteiger charge is 2.22. The number of ether oxygens (including phenoxy) is 1. The van der Waals surface area contributed by atoms with Crippen molar-refractivity contribution in [1.29, 1.82) is 0 Å². The fourth-order valence-electron chi connectivity index (χ4n) is 1.71. The van der Waals surface area contributed by atoms with E-state index in [1.165, 1.54) is 6.92 Å². The van der Waals surface area contributed by atoms with Crippen LogP contribution in [0.15, 0.2) is 31.0 Å². The molecule has 116 valence electrons. The maximum absolute atomic E-state index is 11.8. The molecular weight excluding hydrogens is 436 g/mol. The molecular formula is C14H12Br2N2O3S. The van der Waals surface area contributed by atoms with Crippen LogP contribution in [0.1, 0.15) is 19.4 Å². The Balaban J connectivity index is 2.24. The van der Waals surface area contributed by atoms with Crippen molar-refractivity contribution in [3.05, 3.63) is 31.5 Å². The molecule has 0 saturated heterocycles. The molecule has 1 aliphatic rings. The fraction of sp³-hybridized carbons (Fsp3) is 0.214. The van der Waals surface area contributed by atoms with Gasteiger partial charge in [0.25, 0.3) is 5.91 Å². The van der Waals surface area contributed by atoms with Crippen LogP contribution in [0, 0.1) is 0 Å². The average molecular weight is 448 g/mol. The summed E-state index contributed by atoms with van der Waals surface area (Å²) in [5.41, 5.74) is 0.817. The number of halogens is 2. The second-order valence-electron chi connectivity index (χ2n) is 4.26. The molecule has 0 spiro atoms.